The summed E-state index contributed by atoms with van der Waals surface area (Å²) in [7, 11) is 0. The van der Waals surface area contributed by atoms with Crippen LogP contribution in [0.5, 0.6) is 0 Å². The molecule has 0 heterocycles. The summed E-state index contributed by atoms with van der Waals surface area (Å²) in [4.78, 5) is 12.2. The zero-order valence-corrected chi connectivity index (χ0v) is 14.8. The van der Waals surface area contributed by atoms with E-state index in [-0.39, 0.29) is 6.03 Å². The molecule has 4 nitrogen and oxygen atoms in total. The lowest BCUT2D eigenvalue weighted by Gasteiger charge is -2.23. The smallest absolute Gasteiger partial charge is 0.319 e. The fourth-order valence-corrected chi connectivity index (χ4v) is 3.15. The molecule has 0 spiro atoms. The Morgan fingerprint density at radius 3 is 2.39 bits per heavy atom. The van der Waals surface area contributed by atoms with Crippen molar-refractivity contribution in [3.63, 3.8) is 0 Å². The van der Waals surface area contributed by atoms with Crippen LogP contribution in [0.25, 0.3) is 0 Å². The molecule has 3 N–H and O–H groups in total. The van der Waals surface area contributed by atoms with E-state index in [1.54, 1.807) is 0 Å². The first-order valence-electron chi connectivity index (χ1n) is 8.72. The van der Waals surface area contributed by atoms with Crippen molar-refractivity contribution in [1.82, 2.24) is 5.32 Å². The van der Waals surface area contributed by atoms with Crippen LogP contribution in [-0.4, -0.2) is 23.3 Å². The summed E-state index contributed by atoms with van der Waals surface area (Å²) in [6.07, 6.45) is 3.61. The Hall–Kier alpha value is -1.55. The molecular formula is C19H30N2O2. The van der Waals surface area contributed by atoms with Crippen molar-refractivity contribution < 1.29 is 9.90 Å². The number of carbonyl (C=O) groups is 1. The lowest BCUT2D eigenvalue weighted by molar-refractivity contribution is 0.0506. The minimum Gasteiger partial charge on any atom is -0.388 e. The van der Waals surface area contributed by atoms with Crippen molar-refractivity contribution in [3.8, 4) is 0 Å². The quantitative estimate of drug-likeness (QED) is 0.755. The standard InChI is InChI=1S/C19H30N2O2/c1-13(2)15-7-8-17(16(11-15)14(3)4)21-18(22)20-12-19(23)9-5-6-10-19/h7-8,11,13-14,23H,5-6,9-10,12H2,1-4H3,(H2,20,21,22). The molecule has 23 heavy (non-hydrogen) atoms. The van der Waals surface area contributed by atoms with Crippen molar-refractivity contribution in [2.75, 3.05) is 11.9 Å². The maximum absolute atomic E-state index is 12.2. The van der Waals surface area contributed by atoms with E-state index in [4.69, 9.17) is 0 Å². The molecule has 2 rings (SSSR count). The van der Waals surface area contributed by atoms with Crippen LogP contribution in [0.3, 0.4) is 0 Å². The molecule has 1 aromatic rings. The molecule has 0 aliphatic heterocycles. The second kappa shape index (κ2) is 7.35. The van der Waals surface area contributed by atoms with Gasteiger partial charge in [-0.05, 0) is 41.9 Å². The van der Waals surface area contributed by atoms with E-state index < -0.39 is 5.60 Å². The van der Waals surface area contributed by atoms with Crippen LogP contribution in [0.15, 0.2) is 18.2 Å². The third-order valence-corrected chi connectivity index (χ3v) is 4.72. The topological polar surface area (TPSA) is 61.4 Å². The lowest BCUT2D eigenvalue weighted by atomic mass is 9.94. The molecule has 2 amide bonds. The van der Waals surface area contributed by atoms with Gasteiger partial charge in [0.05, 0.1) is 5.60 Å². The largest absolute Gasteiger partial charge is 0.388 e. The zero-order valence-electron chi connectivity index (χ0n) is 14.8. The Morgan fingerprint density at radius 1 is 1.17 bits per heavy atom. The van der Waals surface area contributed by atoms with Crippen LogP contribution in [0.4, 0.5) is 10.5 Å². The number of hydrogen-bond donors (Lipinski definition) is 3. The molecule has 1 aromatic carbocycles. The van der Waals surface area contributed by atoms with Crippen molar-refractivity contribution in [2.45, 2.75) is 70.8 Å². The van der Waals surface area contributed by atoms with Gasteiger partial charge in [-0.3, -0.25) is 0 Å². The van der Waals surface area contributed by atoms with Crippen LogP contribution < -0.4 is 10.6 Å². The molecule has 4 heteroatoms. The average molecular weight is 318 g/mol. The molecule has 128 valence electrons. The summed E-state index contributed by atoms with van der Waals surface area (Å²) >= 11 is 0. The average Bonchev–Trinajstić information content (AvgIpc) is 2.92. The Morgan fingerprint density at radius 2 is 1.83 bits per heavy atom. The fraction of sp³-hybridized carbons (Fsp3) is 0.632. The number of amides is 2. The maximum Gasteiger partial charge on any atom is 0.319 e. The van der Waals surface area contributed by atoms with Gasteiger partial charge in [0.2, 0.25) is 0 Å². The summed E-state index contributed by atoms with van der Waals surface area (Å²) in [6, 6.07) is 5.98. The highest BCUT2D eigenvalue weighted by atomic mass is 16.3. The number of benzene rings is 1. The SMILES string of the molecule is CC(C)c1ccc(NC(=O)NCC2(O)CCCC2)c(C(C)C)c1. The molecule has 1 aliphatic carbocycles. The molecule has 1 saturated carbocycles. The number of hydrogen-bond acceptors (Lipinski definition) is 2. The van der Waals surface area contributed by atoms with Gasteiger partial charge in [0.1, 0.15) is 0 Å². The first-order chi connectivity index (χ1) is 10.8. The Balaban J connectivity index is 2.02. The van der Waals surface area contributed by atoms with Gasteiger partial charge >= 0.3 is 6.03 Å². The van der Waals surface area contributed by atoms with Crippen LogP contribution >= 0.6 is 0 Å². The highest BCUT2D eigenvalue weighted by Crippen LogP contribution is 2.30. The number of urea groups is 1. The highest BCUT2D eigenvalue weighted by Gasteiger charge is 2.31. The Labute approximate surface area is 139 Å². The molecule has 0 unspecified atom stereocenters. The molecular weight excluding hydrogens is 288 g/mol. The van der Waals surface area contributed by atoms with Crippen molar-refractivity contribution in [1.29, 1.82) is 0 Å². The van der Waals surface area contributed by atoms with Crippen molar-refractivity contribution >= 4 is 11.7 Å². The number of nitrogens with one attached hydrogen (secondary N) is 2. The summed E-state index contributed by atoms with van der Waals surface area (Å²) in [5, 5.41) is 16.1. The van der Waals surface area contributed by atoms with E-state index in [0.717, 1.165) is 36.9 Å². The fourth-order valence-electron chi connectivity index (χ4n) is 3.15. The number of aliphatic hydroxyl groups is 1. The Kier molecular flexibility index (Phi) is 5.69. The van der Waals surface area contributed by atoms with Gasteiger partial charge in [0.25, 0.3) is 0 Å². The van der Waals surface area contributed by atoms with Crippen LogP contribution in [0.2, 0.25) is 0 Å². The van der Waals surface area contributed by atoms with Gasteiger partial charge in [-0.1, -0.05) is 52.7 Å². The first-order valence-corrected chi connectivity index (χ1v) is 8.72. The minimum absolute atomic E-state index is 0.246. The minimum atomic E-state index is -0.723. The third-order valence-electron chi connectivity index (χ3n) is 4.72. The monoisotopic (exact) mass is 318 g/mol. The second-order valence-electron chi connectivity index (χ2n) is 7.40. The van der Waals surface area contributed by atoms with Gasteiger partial charge in [0, 0.05) is 12.2 Å². The maximum atomic E-state index is 12.2. The van der Waals surface area contributed by atoms with E-state index in [9.17, 15) is 9.90 Å². The summed E-state index contributed by atoms with van der Waals surface area (Å²) in [5.74, 6) is 0.801. The molecule has 0 radical (unpaired) electrons. The van der Waals surface area contributed by atoms with Gasteiger partial charge in [-0.2, -0.15) is 0 Å². The normalized spacial score (nSPS) is 16.8. The molecule has 0 bridgehead atoms. The number of rotatable bonds is 5. The van der Waals surface area contributed by atoms with Crippen molar-refractivity contribution in [2.24, 2.45) is 0 Å². The Bertz CT molecular complexity index is 546. The zero-order chi connectivity index (χ0) is 17.0. The molecule has 0 aromatic heterocycles. The van der Waals surface area contributed by atoms with Crippen molar-refractivity contribution in [3.05, 3.63) is 29.3 Å². The highest BCUT2D eigenvalue weighted by molar-refractivity contribution is 5.90. The van der Waals surface area contributed by atoms with E-state index in [2.05, 4.69) is 50.5 Å². The number of carbonyl (C=O) groups excluding carboxylic acids is 1. The second-order valence-corrected chi connectivity index (χ2v) is 7.40. The van der Waals surface area contributed by atoms with Crippen LogP contribution in [0.1, 0.15) is 76.3 Å². The third kappa shape index (κ3) is 4.71. The predicted molar refractivity (Wildman–Crippen MR) is 95.1 cm³/mol. The van der Waals surface area contributed by atoms with Gasteiger partial charge < -0.3 is 15.7 Å². The van der Waals surface area contributed by atoms with E-state index in [0.29, 0.717) is 18.4 Å². The van der Waals surface area contributed by atoms with Gasteiger partial charge in [-0.25, -0.2) is 4.79 Å². The van der Waals surface area contributed by atoms with Crippen LogP contribution in [0, 0.1) is 0 Å². The molecule has 1 fully saturated rings. The first kappa shape index (κ1) is 17.8. The van der Waals surface area contributed by atoms with E-state index in [1.165, 1.54) is 5.56 Å². The predicted octanol–water partition coefficient (Wildman–Crippen LogP) is 4.36. The molecule has 0 saturated heterocycles. The molecule has 0 atom stereocenters. The van der Waals surface area contributed by atoms with E-state index in [1.807, 2.05) is 6.07 Å². The summed E-state index contributed by atoms with van der Waals surface area (Å²) in [6.45, 7) is 8.91. The lowest BCUT2D eigenvalue weighted by Crippen LogP contribution is -2.42. The summed E-state index contributed by atoms with van der Waals surface area (Å²) < 4.78 is 0. The van der Waals surface area contributed by atoms with E-state index >= 15 is 0 Å². The summed E-state index contributed by atoms with van der Waals surface area (Å²) in [5.41, 5.74) is 2.55. The van der Waals surface area contributed by atoms with Gasteiger partial charge in [0.15, 0.2) is 0 Å². The van der Waals surface area contributed by atoms with Gasteiger partial charge in [-0.15, -0.1) is 0 Å². The molecule has 1 aliphatic rings. The number of anilines is 1. The van der Waals surface area contributed by atoms with Crippen LogP contribution in [-0.2, 0) is 0 Å².